The lowest BCUT2D eigenvalue weighted by molar-refractivity contribution is -0.384. The van der Waals surface area contributed by atoms with Gasteiger partial charge in [-0.2, -0.15) is 5.10 Å². The molecule has 3 rings (SSSR count). The van der Waals surface area contributed by atoms with Crippen molar-refractivity contribution in [2.75, 3.05) is 5.43 Å². The van der Waals surface area contributed by atoms with Crippen molar-refractivity contribution in [1.29, 1.82) is 0 Å². The maximum Gasteiger partial charge on any atom is 0.269 e. The van der Waals surface area contributed by atoms with Crippen LogP contribution in [0, 0.1) is 26.4 Å². The first kappa shape index (κ1) is 21.0. The van der Waals surface area contributed by atoms with Gasteiger partial charge in [0.05, 0.1) is 10.6 Å². The van der Waals surface area contributed by atoms with Crippen LogP contribution in [0.3, 0.4) is 0 Å². The molecule has 156 valence electrons. The summed E-state index contributed by atoms with van der Waals surface area (Å²) in [5.74, 6) is -0.489. The number of Topliss-reactive ketones (excluding diaryl/α,β-unsaturated/α-hetero) is 1. The van der Waals surface area contributed by atoms with Crippen LogP contribution in [0.25, 0.3) is 0 Å². The van der Waals surface area contributed by atoms with Crippen molar-refractivity contribution in [3.05, 3.63) is 34.4 Å². The topological polar surface area (TPSA) is 114 Å². The molecule has 0 aromatic heterocycles. The van der Waals surface area contributed by atoms with Gasteiger partial charge in [0, 0.05) is 23.1 Å². The van der Waals surface area contributed by atoms with Gasteiger partial charge < -0.3 is 5.32 Å². The van der Waals surface area contributed by atoms with Crippen LogP contribution in [-0.4, -0.2) is 27.9 Å². The standard InChI is InChI=1S/C21H28N4O4/c1-18(2,3)22-17(27)21-12-11-20(6,19(21,4)5)15(16(21)26)24-23-13-7-9-14(10-8-13)25(28)29/h7-10,23H,11-12H2,1-6H3,(H,22,27)/b24-15+. The van der Waals surface area contributed by atoms with E-state index in [0.717, 1.165) is 0 Å². The number of rotatable bonds is 4. The first-order valence-electron chi connectivity index (χ1n) is 9.72. The van der Waals surface area contributed by atoms with Crippen molar-refractivity contribution in [1.82, 2.24) is 5.32 Å². The van der Waals surface area contributed by atoms with Crippen molar-refractivity contribution >= 4 is 28.8 Å². The van der Waals surface area contributed by atoms with E-state index in [0.29, 0.717) is 24.2 Å². The van der Waals surface area contributed by atoms with E-state index in [1.165, 1.54) is 24.3 Å². The van der Waals surface area contributed by atoms with Crippen LogP contribution >= 0.6 is 0 Å². The van der Waals surface area contributed by atoms with Gasteiger partial charge in [0.1, 0.15) is 11.1 Å². The van der Waals surface area contributed by atoms with Gasteiger partial charge in [0.25, 0.3) is 5.69 Å². The van der Waals surface area contributed by atoms with Crippen LogP contribution in [0.5, 0.6) is 0 Å². The fraction of sp³-hybridized carbons (Fsp3) is 0.571. The molecular formula is C21H28N4O4. The van der Waals surface area contributed by atoms with Crippen LogP contribution in [0.1, 0.15) is 54.4 Å². The zero-order valence-electron chi connectivity index (χ0n) is 17.8. The van der Waals surface area contributed by atoms with Crippen molar-refractivity contribution < 1.29 is 14.5 Å². The fourth-order valence-electron chi connectivity index (χ4n) is 4.70. The first-order valence-corrected chi connectivity index (χ1v) is 9.72. The average molecular weight is 400 g/mol. The second-order valence-electron chi connectivity index (χ2n) is 9.77. The van der Waals surface area contributed by atoms with Gasteiger partial charge in [0.2, 0.25) is 5.91 Å². The highest BCUT2D eigenvalue weighted by Crippen LogP contribution is 2.69. The molecule has 2 unspecified atom stereocenters. The van der Waals surface area contributed by atoms with E-state index in [1.807, 2.05) is 41.5 Å². The highest BCUT2D eigenvalue weighted by atomic mass is 16.6. The summed E-state index contributed by atoms with van der Waals surface area (Å²) >= 11 is 0. The highest BCUT2D eigenvalue weighted by molar-refractivity contribution is 6.50. The van der Waals surface area contributed by atoms with Gasteiger partial charge in [-0.1, -0.05) is 20.8 Å². The summed E-state index contributed by atoms with van der Waals surface area (Å²) in [5, 5.41) is 18.2. The Kier molecular flexibility index (Phi) is 4.60. The molecule has 2 fully saturated rings. The molecule has 0 heterocycles. The van der Waals surface area contributed by atoms with E-state index in [1.54, 1.807) is 0 Å². The Morgan fingerprint density at radius 1 is 1.14 bits per heavy atom. The molecule has 8 nitrogen and oxygen atoms in total. The number of nitro benzene ring substituents is 1. The summed E-state index contributed by atoms with van der Waals surface area (Å²) < 4.78 is 0. The van der Waals surface area contributed by atoms with Gasteiger partial charge in [-0.3, -0.25) is 25.1 Å². The lowest BCUT2D eigenvalue weighted by Crippen LogP contribution is -2.55. The zero-order chi connectivity index (χ0) is 21.8. The Morgan fingerprint density at radius 2 is 1.72 bits per heavy atom. The maximum atomic E-state index is 13.5. The Labute approximate surface area is 170 Å². The van der Waals surface area contributed by atoms with Gasteiger partial charge in [-0.15, -0.1) is 0 Å². The molecule has 2 atom stereocenters. The zero-order valence-corrected chi connectivity index (χ0v) is 17.8. The second kappa shape index (κ2) is 6.37. The van der Waals surface area contributed by atoms with E-state index in [4.69, 9.17) is 0 Å². The number of hydrogen-bond donors (Lipinski definition) is 2. The Bertz CT molecular complexity index is 914. The van der Waals surface area contributed by atoms with Crippen LogP contribution in [0.4, 0.5) is 11.4 Å². The van der Waals surface area contributed by atoms with Crippen molar-refractivity contribution in [3.8, 4) is 0 Å². The minimum atomic E-state index is -1.15. The molecule has 2 bridgehead atoms. The number of hydrogen-bond acceptors (Lipinski definition) is 6. The van der Waals surface area contributed by atoms with E-state index in [2.05, 4.69) is 15.8 Å². The monoisotopic (exact) mass is 400 g/mol. The molecule has 2 aliphatic rings. The molecule has 2 N–H and O–H groups in total. The number of hydrazone groups is 1. The molecule has 1 aromatic carbocycles. The largest absolute Gasteiger partial charge is 0.351 e. The van der Waals surface area contributed by atoms with E-state index in [9.17, 15) is 19.7 Å². The molecule has 1 aromatic rings. The fourth-order valence-corrected chi connectivity index (χ4v) is 4.70. The molecule has 0 radical (unpaired) electrons. The normalized spacial score (nSPS) is 29.2. The Hall–Kier alpha value is -2.77. The molecule has 1 amide bonds. The molecule has 2 aliphatic carbocycles. The van der Waals surface area contributed by atoms with Gasteiger partial charge >= 0.3 is 0 Å². The number of ketones is 1. The van der Waals surface area contributed by atoms with Crippen LogP contribution in [0.15, 0.2) is 29.4 Å². The summed E-state index contributed by atoms with van der Waals surface area (Å²) in [7, 11) is 0. The number of anilines is 1. The number of nitrogens with zero attached hydrogens (tertiary/aromatic N) is 2. The van der Waals surface area contributed by atoms with E-state index >= 15 is 0 Å². The number of nitro groups is 1. The van der Waals surface area contributed by atoms with Crippen molar-refractivity contribution in [2.45, 2.75) is 59.9 Å². The van der Waals surface area contributed by atoms with Crippen LogP contribution < -0.4 is 10.7 Å². The minimum Gasteiger partial charge on any atom is -0.351 e. The molecule has 0 saturated heterocycles. The average Bonchev–Trinajstić information content (AvgIpc) is 2.88. The number of carbonyl (C=O) groups excluding carboxylic acids is 2. The SMILES string of the molecule is CC(C)(C)NC(=O)C12CCC(C)(/C(=N/Nc3ccc([N+](=O)[O-])cc3)C1=O)C2(C)C. The molecule has 0 spiro atoms. The quantitative estimate of drug-likeness (QED) is 0.455. The van der Waals surface area contributed by atoms with Crippen LogP contribution in [-0.2, 0) is 9.59 Å². The predicted octanol–water partition coefficient (Wildman–Crippen LogP) is 3.67. The van der Waals surface area contributed by atoms with Crippen LogP contribution in [0.2, 0.25) is 0 Å². The number of fused-ring (bicyclic) bond motifs is 2. The second-order valence-corrected chi connectivity index (χ2v) is 9.77. The van der Waals surface area contributed by atoms with Crippen molar-refractivity contribution in [3.63, 3.8) is 0 Å². The number of carbonyl (C=O) groups is 2. The highest BCUT2D eigenvalue weighted by Gasteiger charge is 2.76. The first-order chi connectivity index (χ1) is 13.3. The summed E-state index contributed by atoms with van der Waals surface area (Å²) in [5.41, 5.74) is 0.981. The van der Waals surface area contributed by atoms with Crippen molar-refractivity contribution in [2.24, 2.45) is 21.3 Å². The third-order valence-corrected chi connectivity index (χ3v) is 6.82. The molecule has 2 saturated carbocycles. The van der Waals surface area contributed by atoms with E-state index < -0.39 is 26.7 Å². The Balaban J connectivity index is 1.95. The van der Waals surface area contributed by atoms with E-state index in [-0.39, 0.29) is 17.4 Å². The maximum absolute atomic E-state index is 13.5. The predicted molar refractivity (Wildman–Crippen MR) is 111 cm³/mol. The lowest BCUT2D eigenvalue weighted by Gasteiger charge is -2.39. The minimum absolute atomic E-state index is 0.0231. The number of non-ortho nitro benzene ring substituents is 1. The number of nitrogens with one attached hydrogen (secondary N) is 2. The van der Waals surface area contributed by atoms with Gasteiger partial charge in [0.15, 0.2) is 5.78 Å². The summed E-state index contributed by atoms with van der Waals surface area (Å²) in [6.07, 6.45) is 1.18. The summed E-state index contributed by atoms with van der Waals surface area (Å²) in [6, 6.07) is 5.81. The summed E-state index contributed by atoms with van der Waals surface area (Å²) in [6.45, 7) is 11.6. The third-order valence-electron chi connectivity index (χ3n) is 6.82. The smallest absolute Gasteiger partial charge is 0.269 e. The third kappa shape index (κ3) is 2.92. The lowest BCUT2D eigenvalue weighted by atomic mass is 9.64. The van der Waals surface area contributed by atoms with Gasteiger partial charge in [-0.25, -0.2) is 0 Å². The molecule has 8 heteroatoms. The summed E-state index contributed by atoms with van der Waals surface area (Å²) in [4.78, 5) is 37.1. The van der Waals surface area contributed by atoms with Gasteiger partial charge in [-0.05, 0) is 51.2 Å². The number of amides is 1. The molecular weight excluding hydrogens is 372 g/mol. The Morgan fingerprint density at radius 3 is 2.24 bits per heavy atom. The molecule has 29 heavy (non-hydrogen) atoms. The number of benzene rings is 1. The molecule has 0 aliphatic heterocycles.